The van der Waals surface area contributed by atoms with Gasteiger partial charge in [-0.2, -0.15) is 5.10 Å². The summed E-state index contributed by atoms with van der Waals surface area (Å²) >= 11 is 0. The molecule has 144 valence electrons. The Hall–Kier alpha value is -3.08. The summed E-state index contributed by atoms with van der Waals surface area (Å²) in [6.07, 6.45) is 1.55. The molecule has 1 aromatic heterocycles. The molecule has 0 aliphatic carbocycles. The van der Waals surface area contributed by atoms with Gasteiger partial charge in [0.2, 0.25) is 0 Å². The van der Waals surface area contributed by atoms with Crippen molar-refractivity contribution in [1.29, 1.82) is 0 Å². The molecule has 0 bridgehead atoms. The van der Waals surface area contributed by atoms with Gasteiger partial charge in [0.15, 0.2) is 0 Å². The first-order chi connectivity index (χ1) is 13.3. The Morgan fingerprint density at radius 2 is 1.79 bits per heavy atom. The second-order valence-corrected chi connectivity index (χ2v) is 8.46. The van der Waals surface area contributed by atoms with Crippen molar-refractivity contribution in [2.45, 2.75) is 45.8 Å². The molecule has 0 saturated carbocycles. The maximum atomic E-state index is 13.4. The van der Waals surface area contributed by atoms with Crippen LogP contribution in [-0.2, 0) is 12.0 Å². The molecule has 0 fully saturated rings. The van der Waals surface area contributed by atoms with Crippen LogP contribution < -0.4 is 5.32 Å². The van der Waals surface area contributed by atoms with Crippen molar-refractivity contribution in [2.24, 2.45) is 0 Å². The Bertz CT molecular complexity index is 998. The summed E-state index contributed by atoms with van der Waals surface area (Å²) in [5.41, 5.74) is 5.80. The van der Waals surface area contributed by atoms with E-state index in [-0.39, 0.29) is 17.5 Å². The Morgan fingerprint density at radius 3 is 2.50 bits per heavy atom. The lowest BCUT2D eigenvalue weighted by Gasteiger charge is -2.39. The highest BCUT2D eigenvalue weighted by Crippen LogP contribution is 2.37. The van der Waals surface area contributed by atoms with Gasteiger partial charge >= 0.3 is 0 Å². The fraction of sp³-hybridized carbons (Fsp3) is 0.304. The topological polar surface area (TPSA) is 61.0 Å². The van der Waals surface area contributed by atoms with E-state index in [2.05, 4.69) is 67.5 Å². The Morgan fingerprint density at radius 1 is 1.07 bits per heavy atom. The van der Waals surface area contributed by atoms with E-state index in [0.29, 0.717) is 12.1 Å². The fourth-order valence-electron chi connectivity index (χ4n) is 3.70. The van der Waals surface area contributed by atoms with Crippen molar-refractivity contribution >= 4 is 11.6 Å². The summed E-state index contributed by atoms with van der Waals surface area (Å²) in [5.74, 6) is 0.0287. The molecule has 2 heterocycles. The number of carbonyl (C=O) groups is 1. The third-order valence-corrected chi connectivity index (χ3v) is 5.21. The van der Waals surface area contributed by atoms with Gasteiger partial charge in [0.25, 0.3) is 5.91 Å². The smallest absolute Gasteiger partial charge is 0.258 e. The van der Waals surface area contributed by atoms with Gasteiger partial charge in [-0.1, -0.05) is 62.7 Å². The standard InChI is InChI=1S/C23H26N4O/c1-15-9-11-16(12-10-15)14-27-21(18-13-24-26-20(18)23(2,3)4)25-19-8-6-5-7-17(19)22(27)28/h5-13,21,25H,14H2,1-4H3,(H,24,26). The average Bonchev–Trinajstić information content (AvgIpc) is 3.16. The normalized spacial score (nSPS) is 16.6. The molecule has 1 aliphatic rings. The Kier molecular flexibility index (Phi) is 4.46. The van der Waals surface area contributed by atoms with Gasteiger partial charge in [0.1, 0.15) is 6.17 Å². The number of nitrogens with zero attached hydrogens (tertiary/aromatic N) is 2. The van der Waals surface area contributed by atoms with Crippen molar-refractivity contribution in [3.05, 3.63) is 82.7 Å². The molecule has 1 unspecified atom stereocenters. The van der Waals surface area contributed by atoms with Gasteiger partial charge in [-0.3, -0.25) is 9.89 Å². The molecule has 28 heavy (non-hydrogen) atoms. The van der Waals surface area contributed by atoms with Gasteiger partial charge in [0.05, 0.1) is 11.8 Å². The van der Waals surface area contributed by atoms with Crippen LogP contribution in [0.2, 0.25) is 0 Å². The zero-order chi connectivity index (χ0) is 19.9. The SMILES string of the molecule is Cc1ccc(CN2C(=O)c3ccccc3NC2c2cn[nH]c2C(C)(C)C)cc1. The van der Waals surface area contributed by atoms with Crippen LogP contribution in [0.5, 0.6) is 0 Å². The van der Waals surface area contributed by atoms with Crippen molar-refractivity contribution in [3.8, 4) is 0 Å². The second kappa shape index (κ2) is 6.82. The maximum absolute atomic E-state index is 13.4. The van der Waals surface area contributed by atoms with E-state index in [4.69, 9.17) is 0 Å². The van der Waals surface area contributed by atoms with E-state index < -0.39 is 0 Å². The first kappa shape index (κ1) is 18.3. The monoisotopic (exact) mass is 374 g/mol. The van der Waals surface area contributed by atoms with Crippen LogP contribution in [-0.4, -0.2) is 21.0 Å². The lowest BCUT2D eigenvalue weighted by atomic mass is 9.88. The largest absolute Gasteiger partial charge is 0.361 e. The van der Waals surface area contributed by atoms with Gasteiger partial charge < -0.3 is 10.2 Å². The van der Waals surface area contributed by atoms with Crippen molar-refractivity contribution < 1.29 is 4.79 Å². The van der Waals surface area contributed by atoms with E-state index in [0.717, 1.165) is 22.5 Å². The number of rotatable bonds is 3. The minimum atomic E-state index is -0.281. The number of para-hydroxylation sites is 1. The van der Waals surface area contributed by atoms with Crippen molar-refractivity contribution in [3.63, 3.8) is 0 Å². The molecule has 1 aliphatic heterocycles. The molecular formula is C23H26N4O. The van der Waals surface area contributed by atoms with Crippen LogP contribution >= 0.6 is 0 Å². The highest BCUT2D eigenvalue weighted by Gasteiger charge is 2.36. The molecular weight excluding hydrogens is 348 g/mol. The lowest BCUT2D eigenvalue weighted by molar-refractivity contribution is 0.0665. The lowest BCUT2D eigenvalue weighted by Crippen LogP contribution is -2.43. The highest BCUT2D eigenvalue weighted by atomic mass is 16.2. The van der Waals surface area contributed by atoms with Crippen LogP contribution in [0.1, 0.15) is 59.7 Å². The number of amides is 1. The minimum absolute atomic E-state index is 0.0287. The number of aromatic nitrogens is 2. The second-order valence-electron chi connectivity index (χ2n) is 8.46. The molecule has 4 rings (SSSR count). The number of carbonyl (C=O) groups excluding carboxylic acids is 1. The van der Waals surface area contributed by atoms with E-state index in [9.17, 15) is 4.79 Å². The third kappa shape index (κ3) is 3.28. The molecule has 3 aromatic rings. The summed E-state index contributed by atoms with van der Waals surface area (Å²) in [5, 5.41) is 11.0. The zero-order valence-corrected chi connectivity index (χ0v) is 16.8. The van der Waals surface area contributed by atoms with Crippen LogP contribution in [0.4, 0.5) is 5.69 Å². The van der Waals surface area contributed by atoms with Crippen LogP contribution in [0, 0.1) is 6.92 Å². The van der Waals surface area contributed by atoms with E-state index in [1.807, 2.05) is 35.4 Å². The molecule has 2 N–H and O–H groups in total. The molecule has 0 radical (unpaired) electrons. The van der Waals surface area contributed by atoms with E-state index >= 15 is 0 Å². The van der Waals surface area contributed by atoms with E-state index in [1.165, 1.54) is 5.56 Å². The van der Waals surface area contributed by atoms with Gasteiger partial charge in [0, 0.05) is 28.9 Å². The average molecular weight is 374 g/mol. The van der Waals surface area contributed by atoms with Crippen LogP contribution in [0.15, 0.2) is 54.7 Å². The molecule has 0 spiro atoms. The number of fused-ring (bicyclic) bond motifs is 1. The number of aromatic amines is 1. The zero-order valence-electron chi connectivity index (χ0n) is 16.8. The third-order valence-electron chi connectivity index (χ3n) is 5.21. The number of benzene rings is 2. The van der Waals surface area contributed by atoms with Gasteiger partial charge in [-0.15, -0.1) is 0 Å². The molecule has 5 nitrogen and oxygen atoms in total. The quantitative estimate of drug-likeness (QED) is 0.693. The number of H-pyrrole nitrogens is 1. The molecule has 0 saturated heterocycles. The summed E-state index contributed by atoms with van der Waals surface area (Å²) in [6.45, 7) is 9.03. The minimum Gasteiger partial charge on any atom is -0.361 e. The maximum Gasteiger partial charge on any atom is 0.258 e. The fourth-order valence-corrected chi connectivity index (χ4v) is 3.70. The van der Waals surface area contributed by atoms with Crippen molar-refractivity contribution in [2.75, 3.05) is 5.32 Å². The summed E-state index contributed by atoms with van der Waals surface area (Å²) in [6, 6.07) is 16.0. The number of nitrogens with one attached hydrogen (secondary N) is 2. The number of hydrogen-bond acceptors (Lipinski definition) is 3. The van der Waals surface area contributed by atoms with E-state index in [1.54, 1.807) is 0 Å². The number of aryl methyl sites for hydroxylation is 1. The highest BCUT2D eigenvalue weighted by molar-refractivity contribution is 6.01. The molecule has 2 aromatic carbocycles. The van der Waals surface area contributed by atoms with Crippen LogP contribution in [0.25, 0.3) is 0 Å². The van der Waals surface area contributed by atoms with Gasteiger partial charge in [-0.25, -0.2) is 0 Å². The van der Waals surface area contributed by atoms with Crippen molar-refractivity contribution in [1.82, 2.24) is 15.1 Å². The number of hydrogen-bond donors (Lipinski definition) is 2. The van der Waals surface area contributed by atoms with Crippen LogP contribution in [0.3, 0.4) is 0 Å². The first-order valence-electron chi connectivity index (χ1n) is 9.60. The Balaban J connectivity index is 1.79. The first-order valence-corrected chi connectivity index (χ1v) is 9.60. The molecule has 5 heteroatoms. The summed E-state index contributed by atoms with van der Waals surface area (Å²) in [7, 11) is 0. The molecule has 1 amide bonds. The predicted molar refractivity (Wildman–Crippen MR) is 111 cm³/mol. The number of anilines is 1. The van der Waals surface area contributed by atoms with Gasteiger partial charge in [-0.05, 0) is 24.6 Å². The molecule has 1 atom stereocenters. The predicted octanol–water partition coefficient (Wildman–Crippen LogP) is 4.78. The summed E-state index contributed by atoms with van der Waals surface area (Å²) < 4.78 is 0. The summed E-state index contributed by atoms with van der Waals surface area (Å²) in [4.78, 5) is 15.3. The Labute approximate surface area is 165 Å².